The van der Waals surface area contributed by atoms with Gasteiger partial charge in [-0.3, -0.25) is 0 Å². The SMILES string of the molecule is CCC(F)(F)S(=O)(=O)c1nc(C)cc(C)n1. The van der Waals surface area contributed by atoms with E-state index in [-0.39, 0.29) is 0 Å². The molecule has 0 radical (unpaired) electrons. The van der Waals surface area contributed by atoms with Gasteiger partial charge in [-0.25, -0.2) is 18.4 Å². The standard InChI is InChI=1S/C9H12F2N2O2S/c1-4-9(10,11)16(14,15)8-12-6(2)5-7(3)13-8/h5H,4H2,1-3H3. The monoisotopic (exact) mass is 250 g/mol. The Morgan fingerprint density at radius 3 is 2.06 bits per heavy atom. The second-order valence-corrected chi connectivity index (χ2v) is 5.40. The molecule has 0 amide bonds. The van der Waals surface area contributed by atoms with E-state index in [9.17, 15) is 17.2 Å². The molecule has 16 heavy (non-hydrogen) atoms. The number of sulfone groups is 1. The molecule has 0 aliphatic heterocycles. The first-order valence-corrected chi connectivity index (χ1v) is 6.14. The van der Waals surface area contributed by atoms with Gasteiger partial charge in [-0.05, 0) is 19.9 Å². The van der Waals surface area contributed by atoms with E-state index < -0.39 is 26.7 Å². The number of hydrogen-bond acceptors (Lipinski definition) is 4. The number of alkyl halides is 2. The van der Waals surface area contributed by atoms with Crippen LogP contribution in [0.25, 0.3) is 0 Å². The molecule has 0 saturated heterocycles. The van der Waals surface area contributed by atoms with Crippen molar-refractivity contribution >= 4 is 9.84 Å². The second kappa shape index (κ2) is 4.04. The van der Waals surface area contributed by atoms with E-state index in [0.29, 0.717) is 11.4 Å². The van der Waals surface area contributed by atoms with Crippen LogP contribution in [0.1, 0.15) is 24.7 Å². The highest BCUT2D eigenvalue weighted by Crippen LogP contribution is 2.30. The zero-order valence-corrected chi connectivity index (χ0v) is 9.98. The van der Waals surface area contributed by atoms with Gasteiger partial charge in [-0.15, -0.1) is 0 Å². The van der Waals surface area contributed by atoms with Crippen LogP contribution in [0.15, 0.2) is 11.2 Å². The van der Waals surface area contributed by atoms with Gasteiger partial charge in [-0.1, -0.05) is 6.92 Å². The highest BCUT2D eigenvalue weighted by Gasteiger charge is 2.46. The van der Waals surface area contributed by atoms with Crippen LogP contribution in [-0.4, -0.2) is 23.6 Å². The zero-order chi connectivity index (χ0) is 12.6. The molecule has 1 aromatic rings. The van der Waals surface area contributed by atoms with Crippen molar-refractivity contribution in [3.63, 3.8) is 0 Å². The van der Waals surface area contributed by atoms with Crippen molar-refractivity contribution in [3.05, 3.63) is 17.5 Å². The van der Waals surface area contributed by atoms with Gasteiger partial charge in [0.05, 0.1) is 0 Å². The first-order chi connectivity index (χ1) is 7.20. The fourth-order valence-electron chi connectivity index (χ4n) is 1.14. The minimum absolute atomic E-state index is 0.345. The lowest BCUT2D eigenvalue weighted by Gasteiger charge is -2.13. The van der Waals surface area contributed by atoms with Crippen molar-refractivity contribution in [3.8, 4) is 0 Å². The number of halogens is 2. The van der Waals surface area contributed by atoms with Crippen LogP contribution in [0.2, 0.25) is 0 Å². The quantitative estimate of drug-likeness (QED) is 0.768. The Balaban J connectivity index is 3.39. The average molecular weight is 250 g/mol. The number of aryl methyl sites for hydroxylation is 2. The Kier molecular flexibility index (Phi) is 3.27. The molecule has 7 heteroatoms. The average Bonchev–Trinajstić information content (AvgIpc) is 2.16. The molecule has 1 rings (SSSR count). The number of rotatable bonds is 3. The second-order valence-electron chi connectivity index (χ2n) is 3.43. The predicted molar refractivity (Wildman–Crippen MR) is 53.9 cm³/mol. The van der Waals surface area contributed by atoms with Gasteiger partial charge in [0.15, 0.2) is 0 Å². The molecule has 4 nitrogen and oxygen atoms in total. The molecule has 0 aliphatic rings. The minimum atomic E-state index is -4.79. The minimum Gasteiger partial charge on any atom is -0.223 e. The van der Waals surface area contributed by atoms with E-state index in [1.54, 1.807) is 0 Å². The molecular formula is C9H12F2N2O2S. The summed E-state index contributed by atoms with van der Waals surface area (Å²) in [7, 11) is -4.79. The summed E-state index contributed by atoms with van der Waals surface area (Å²) in [4.78, 5) is 7.08. The summed E-state index contributed by atoms with van der Waals surface area (Å²) >= 11 is 0. The predicted octanol–water partition coefficient (Wildman–Crippen LogP) is 1.87. The number of hydrogen-bond donors (Lipinski definition) is 0. The molecule has 0 N–H and O–H groups in total. The van der Waals surface area contributed by atoms with Gasteiger partial charge in [0.25, 0.3) is 15.0 Å². The lowest BCUT2D eigenvalue weighted by atomic mass is 10.4. The molecule has 1 aromatic heterocycles. The highest BCUT2D eigenvalue weighted by atomic mass is 32.2. The molecule has 0 spiro atoms. The lowest BCUT2D eigenvalue weighted by Crippen LogP contribution is -2.29. The number of aromatic nitrogens is 2. The molecule has 1 heterocycles. The largest absolute Gasteiger partial charge is 0.352 e. The first-order valence-electron chi connectivity index (χ1n) is 4.65. The van der Waals surface area contributed by atoms with E-state index in [1.807, 2.05) is 0 Å². The van der Waals surface area contributed by atoms with Gasteiger partial charge in [-0.2, -0.15) is 8.78 Å². The summed E-state index contributed by atoms with van der Waals surface area (Å²) in [5.41, 5.74) is 0.691. The molecular weight excluding hydrogens is 238 g/mol. The van der Waals surface area contributed by atoms with Crippen LogP contribution in [0, 0.1) is 13.8 Å². The summed E-state index contributed by atoms with van der Waals surface area (Å²) in [6.45, 7) is 4.15. The molecule has 0 saturated carbocycles. The molecule has 0 aliphatic carbocycles. The van der Waals surface area contributed by atoms with E-state index in [1.165, 1.54) is 19.9 Å². The molecule has 90 valence electrons. The van der Waals surface area contributed by atoms with Gasteiger partial charge < -0.3 is 0 Å². The summed E-state index contributed by atoms with van der Waals surface area (Å²) in [6.07, 6.45) is -0.800. The smallest absolute Gasteiger partial charge is 0.223 e. The van der Waals surface area contributed by atoms with Crippen LogP contribution < -0.4 is 0 Å². The van der Waals surface area contributed by atoms with Crippen molar-refractivity contribution in [1.82, 2.24) is 9.97 Å². The van der Waals surface area contributed by atoms with Crippen LogP contribution in [0.5, 0.6) is 0 Å². The van der Waals surface area contributed by atoms with Crippen LogP contribution in [-0.2, 0) is 9.84 Å². The van der Waals surface area contributed by atoms with Crippen LogP contribution >= 0.6 is 0 Å². The van der Waals surface area contributed by atoms with E-state index >= 15 is 0 Å². The third-order valence-corrected chi connectivity index (χ3v) is 3.75. The lowest BCUT2D eigenvalue weighted by molar-refractivity contribution is 0.0871. The van der Waals surface area contributed by atoms with Crippen molar-refractivity contribution in [2.45, 2.75) is 37.6 Å². The Labute approximate surface area is 92.7 Å². The van der Waals surface area contributed by atoms with Gasteiger partial charge in [0, 0.05) is 17.8 Å². The first kappa shape index (κ1) is 13.0. The summed E-state index contributed by atoms with van der Waals surface area (Å²) in [6, 6.07) is 1.52. The Morgan fingerprint density at radius 1 is 1.25 bits per heavy atom. The molecule has 0 atom stereocenters. The molecule has 0 fully saturated rings. The summed E-state index contributed by atoms with van der Waals surface area (Å²) < 4.78 is 49.5. The maximum atomic E-state index is 13.2. The molecule has 0 bridgehead atoms. The maximum Gasteiger partial charge on any atom is 0.352 e. The van der Waals surface area contributed by atoms with Gasteiger partial charge in [0.1, 0.15) is 0 Å². The molecule has 0 aromatic carbocycles. The van der Waals surface area contributed by atoms with Crippen molar-refractivity contribution in [1.29, 1.82) is 0 Å². The third kappa shape index (κ3) is 2.18. The normalized spacial score (nSPS) is 12.8. The third-order valence-electron chi connectivity index (χ3n) is 2.01. The maximum absolute atomic E-state index is 13.2. The summed E-state index contributed by atoms with van der Waals surface area (Å²) in [5, 5.41) is -4.63. The topological polar surface area (TPSA) is 59.9 Å². The fourth-order valence-corrected chi connectivity index (χ4v) is 2.31. The van der Waals surface area contributed by atoms with Crippen LogP contribution in [0.4, 0.5) is 8.78 Å². The van der Waals surface area contributed by atoms with Crippen LogP contribution in [0.3, 0.4) is 0 Å². The Hall–Kier alpha value is -1.11. The zero-order valence-electron chi connectivity index (χ0n) is 9.16. The van der Waals surface area contributed by atoms with Gasteiger partial charge in [0.2, 0.25) is 0 Å². The highest BCUT2D eigenvalue weighted by molar-refractivity contribution is 7.92. The van der Waals surface area contributed by atoms with E-state index in [0.717, 1.165) is 6.92 Å². The summed E-state index contributed by atoms with van der Waals surface area (Å²) in [5.74, 6) is 0. The Morgan fingerprint density at radius 2 is 1.69 bits per heavy atom. The van der Waals surface area contributed by atoms with Crippen molar-refractivity contribution in [2.24, 2.45) is 0 Å². The number of nitrogens with zero attached hydrogens (tertiary/aromatic N) is 2. The van der Waals surface area contributed by atoms with E-state index in [4.69, 9.17) is 0 Å². The van der Waals surface area contributed by atoms with Crippen molar-refractivity contribution in [2.75, 3.05) is 0 Å². The molecule has 0 unspecified atom stereocenters. The van der Waals surface area contributed by atoms with Crippen molar-refractivity contribution < 1.29 is 17.2 Å². The Bertz CT molecular complexity index is 480. The van der Waals surface area contributed by atoms with Gasteiger partial charge >= 0.3 is 5.25 Å². The fraction of sp³-hybridized carbons (Fsp3) is 0.556. The van der Waals surface area contributed by atoms with E-state index in [2.05, 4.69) is 9.97 Å².